The Morgan fingerprint density at radius 3 is 2.48 bits per heavy atom. The van der Waals surface area contributed by atoms with Crippen molar-refractivity contribution in [3.05, 3.63) is 53.1 Å². The molecule has 1 aliphatic heterocycles. The number of aliphatic imine (C=N–C) groups is 2. The zero-order chi connectivity index (χ0) is 29.0. The molecule has 1 atom stereocenters. The van der Waals surface area contributed by atoms with Gasteiger partial charge in [0.05, 0.1) is 22.8 Å². The number of hydrogen-bond donors (Lipinski definition) is 2. The number of halogens is 3. The molecule has 0 amide bonds. The lowest BCUT2D eigenvalue weighted by Gasteiger charge is -2.07. The number of aldehydes is 1. The molecule has 1 aromatic carbocycles. The Kier molecular flexibility index (Phi) is 8.88. The zero-order valence-corrected chi connectivity index (χ0v) is 23.7. The van der Waals surface area contributed by atoms with E-state index in [1.54, 1.807) is 22.9 Å². The fourth-order valence-corrected chi connectivity index (χ4v) is 4.28. The van der Waals surface area contributed by atoms with Crippen LogP contribution >= 0.6 is 9.24 Å². The maximum absolute atomic E-state index is 13.6. The zero-order valence-electron chi connectivity index (χ0n) is 22.5. The van der Waals surface area contributed by atoms with E-state index < -0.39 is 11.9 Å². The Morgan fingerprint density at radius 2 is 1.88 bits per heavy atom. The first-order chi connectivity index (χ1) is 19.0. The second kappa shape index (κ2) is 12.2. The van der Waals surface area contributed by atoms with E-state index in [2.05, 4.69) is 17.3 Å². The lowest BCUT2D eigenvalue weighted by atomic mass is 10.1. The molecule has 1 saturated carbocycles. The van der Waals surface area contributed by atoms with Gasteiger partial charge in [0.2, 0.25) is 0 Å². The van der Waals surface area contributed by atoms with Gasteiger partial charge in [-0.05, 0) is 63.8 Å². The van der Waals surface area contributed by atoms with Crippen molar-refractivity contribution in [3.8, 4) is 11.3 Å². The number of carbonyl (C=O) groups is 1. The second-order valence-corrected chi connectivity index (χ2v) is 10.4. The fraction of sp³-hybridized carbons (Fsp3) is 0.370. The van der Waals surface area contributed by atoms with Gasteiger partial charge in [0.15, 0.2) is 17.9 Å². The topological polar surface area (TPSA) is 115 Å². The summed E-state index contributed by atoms with van der Waals surface area (Å²) < 4.78 is 39.4. The van der Waals surface area contributed by atoms with Crippen LogP contribution in [0.25, 0.3) is 17.1 Å². The summed E-state index contributed by atoms with van der Waals surface area (Å²) in [5.41, 5.74) is 8.58. The van der Waals surface area contributed by atoms with E-state index in [0.717, 1.165) is 62.0 Å². The summed E-state index contributed by atoms with van der Waals surface area (Å²) in [4.78, 5) is 18.6. The van der Waals surface area contributed by atoms with E-state index >= 15 is 0 Å². The normalized spacial score (nSPS) is 18.5. The van der Waals surface area contributed by atoms with E-state index in [1.807, 2.05) is 24.7 Å². The third kappa shape index (κ3) is 7.04. The highest BCUT2D eigenvalue weighted by atomic mass is 31.0. The van der Waals surface area contributed by atoms with Crippen LogP contribution in [-0.4, -0.2) is 50.1 Å². The predicted octanol–water partition coefficient (Wildman–Crippen LogP) is 5.11. The predicted molar refractivity (Wildman–Crippen MR) is 155 cm³/mol. The molecule has 2 aliphatic rings. The van der Waals surface area contributed by atoms with Crippen LogP contribution in [0.2, 0.25) is 0 Å². The number of nitrogens with two attached hydrogens (primary N) is 1. The molecule has 3 N–H and O–H groups in total. The van der Waals surface area contributed by atoms with Crippen molar-refractivity contribution in [2.24, 2.45) is 21.6 Å². The van der Waals surface area contributed by atoms with E-state index in [1.165, 1.54) is 25.0 Å². The number of benzene rings is 1. The number of rotatable bonds is 7. The third-order valence-electron chi connectivity index (χ3n) is 6.32. The molecule has 0 bridgehead atoms. The van der Waals surface area contributed by atoms with Gasteiger partial charge in [0.25, 0.3) is 0 Å². The van der Waals surface area contributed by atoms with Gasteiger partial charge in [-0.15, -0.1) is 0 Å². The smallest absolute Gasteiger partial charge is 0.312 e. The van der Waals surface area contributed by atoms with Gasteiger partial charge < -0.3 is 11.1 Å². The van der Waals surface area contributed by atoms with Crippen LogP contribution in [0.5, 0.6) is 0 Å². The minimum atomic E-state index is -3.22. The molecule has 0 radical (unpaired) electrons. The molecule has 3 heterocycles. The lowest BCUT2D eigenvalue weighted by Crippen LogP contribution is -2.12. The third-order valence-corrected chi connectivity index (χ3v) is 6.45. The van der Waals surface area contributed by atoms with Crippen molar-refractivity contribution in [2.45, 2.75) is 52.2 Å². The summed E-state index contributed by atoms with van der Waals surface area (Å²) in [5, 5.41) is 12.9. The van der Waals surface area contributed by atoms with Crippen molar-refractivity contribution >= 4 is 44.9 Å². The maximum Gasteiger partial charge on any atom is 0.312 e. The highest BCUT2D eigenvalue weighted by molar-refractivity contribution is 7.19. The van der Waals surface area contributed by atoms with Crippen molar-refractivity contribution in [1.82, 2.24) is 19.6 Å². The molecular formula is C27H32F3N8OP. The largest absolute Gasteiger partial charge is 0.384 e. The average Bonchev–Trinajstić information content (AvgIpc) is 3.59. The summed E-state index contributed by atoms with van der Waals surface area (Å²) in [6, 6.07) is 6.40. The monoisotopic (exact) mass is 572 g/mol. The van der Waals surface area contributed by atoms with Crippen molar-refractivity contribution in [1.29, 1.82) is 0 Å². The number of aryl methyl sites for hydroxylation is 1. The molecule has 1 aliphatic carbocycles. The molecule has 1 fully saturated rings. The number of alkyl halides is 2. The van der Waals surface area contributed by atoms with Gasteiger partial charge in [-0.2, -0.15) is 19.0 Å². The highest BCUT2D eigenvalue weighted by Crippen LogP contribution is 2.37. The van der Waals surface area contributed by atoms with E-state index in [-0.39, 0.29) is 5.82 Å². The minimum absolute atomic E-state index is 0.277. The van der Waals surface area contributed by atoms with Gasteiger partial charge in [0, 0.05) is 42.9 Å². The van der Waals surface area contributed by atoms with Crippen LogP contribution in [0.4, 0.5) is 24.7 Å². The molecule has 2 aromatic heterocycles. The fourth-order valence-electron chi connectivity index (χ4n) is 4.28. The Labute approximate surface area is 232 Å². The summed E-state index contributed by atoms with van der Waals surface area (Å²) in [5.74, 6) is 1.99. The van der Waals surface area contributed by atoms with Crippen LogP contribution < -0.4 is 11.1 Å². The van der Waals surface area contributed by atoms with Gasteiger partial charge in [-0.1, -0.05) is 9.24 Å². The molecule has 13 heteroatoms. The Bertz CT molecular complexity index is 1460. The van der Waals surface area contributed by atoms with Gasteiger partial charge >= 0.3 is 5.66 Å². The van der Waals surface area contributed by atoms with Crippen LogP contribution in [-0.2, 0) is 17.8 Å². The van der Waals surface area contributed by atoms with Crippen molar-refractivity contribution in [3.63, 3.8) is 0 Å². The number of anilines is 1. The summed E-state index contributed by atoms with van der Waals surface area (Å²) in [7, 11) is 1.09. The van der Waals surface area contributed by atoms with Crippen LogP contribution in [0, 0.1) is 25.6 Å². The summed E-state index contributed by atoms with van der Waals surface area (Å²) >= 11 is 0. The standard InChI is InChI=1S/C25H29FN8.C2H3F2OP/c1-4-28-23-15(2)31-34(16(23)3)22-13-21(27)30-25-20(11-12-29-22)24(18-7-9-19(26)10-8-18)32-33(25)14-17-5-6-17;3-2(4,6)1-5/h7-10,12-13,17,28H,4-6,11,14H2,1-3H3,(H2,27,30);1H,6H2/b22-13+,29-12-;. The SMILES string of the molecule is CCNc1c(C)nn(C2=C/C(N)=N/c3c(c(-c4ccc(F)cc4)nn3CC3CC3)C/C=N\2)c1C.O=CC(F)(F)P. The molecule has 9 nitrogen and oxygen atoms in total. The van der Waals surface area contributed by atoms with E-state index in [9.17, 15) is 13.2 Å². The number of carbonyl (C=O) groups excluding carboxylic acids is 1. The Balaban J connectivity index is 0.000000557. The summed E-state index contributed by atoms with van der Waals surface area (Å²) in [6.45, 7) is 7.62. The quantitative estimate of drug-likeness (QED) is 0.302. The number of amidine groups is 1. The van der Waals surface area contributed by atoms with Gasteiger partial charge in [-0.25, -0.2) is 23.7 Å². The number of fused-ring (bicyclic) bond motifs is 1. The minimum Gasteiger partial charge on any atom is -0.384 e. The van der Waals surface area contributed by atoms with E-state index in [4.69, 9.17) is 25.6 Å². The Hall–Kier alpha value is -3.79. The average molecular weight is 573 g/mol. The first-order valence-corrected chi connectivity index (χ1v) is 13.5. The first-order valence-electron chi connectivity index (χ1n) is 12.9. The molecule has 0 spiro atoms. The van der Waals surface area contributed by atoms with Crippen LogP contribution in [0.3, 0.4) is 0 Å². The highest BCUT2D eigenvalue weighted by Gasteiger charge is 2.27. The molecule has 3 aromatic rings. The molecule has 5 rings (SSSR count). The second-order valence-electron chi connectivity index (χ2n) is 9.62. The van der Waals surface area contributed by atoms with Crippen molar-refractivity contribution in [2.75, 3.05) is 11.9 Å². The number of hydrogen-bond acceptors (Lipinski definition) is 7. The number of nitrogens with zero attached hydrogens (tertiary/aromatic N) is 6. The molecule has 212 valence electrons. The lowest BCUT2D eigenvalue weighted by molar-refractivity contribution is -0.119. The van der Waals surface area contributed by atoms with Gasteiger partial charge in [-0.3, -0.25) is 4.79 Å². The number of nitrogens with one attached hydrogen (secondary N) is 1. The van der Waals surface area contributed by atoms with Gasteiger partial charge in [0.1, 0.15) is 11.7 Å². The van der Waals surface area contributed by atoms with Crippen molar-refractivity contribution < 1.29 is 18.0 Å². The molecule has 0 saturated heterocycles. The number of aromatic nitrogens is 4. The van der Waals surface area contributed by atoms with E-state index in [0.29, 0.717) is 24.0 Å². The molecule has 40 heavy (non-hydrogen) atoms. The first kappa shape index (κ1) is 29.2. The maximum atomic E-state index is 13.6. The van der Waals surface area contributed by atoms with Crippen LogP contribution in [0.1, 0.15) is 36.7 Å². The Morgan fingerprint density at radius 1 is 1.20 bits per heavy atom. The van der Waals surface area contributed by atoms with Crippen LogP contribution in [0.15, 0.2) is 40.3 Å². The molecular weight excluding hydrogens is 540 g/mol. The molecule has 1 unspecified atom stereocenters. The summed E-state index contributed by atoms with van der Waals surface area (Å²) in [6.07, 6.45) is 6.05.